The molecule has 6 heteroatoms. The number of benzene rings is 1. The number of aromatic nitrogens is 4. The molecule has 0 aliphatic heterocycles. The lowest BCUT2D eigenvalue weighted by Crippen LogP contribution is -2.13. The molecule has 0 aliphatic rings. The van der Waals surface area contributed by atoms with Crippen molar-refractivity contribution in [3.8, 4) is 0 Å². The highest BCUT2D eigenvalue weighted by Gasteiger charge is 2.22. The number of hydrogen-bond acceptors (Lipinski definition) is 3. The number of imidazole rings is 1. The van der Waals surface area contributed by atoms with Crippen LogP contribution in [0.4, 0.5) is 5.95 Å². The fourth-order valence-corrected chi connectivity index (χ4v) is 3.06. The maximum absolute atomic E-state index is 6.32. The van der Waals surface area contributed by atoms with Crippen molar-refractivity contribution in [2.75, 3.05) is 5.73 Å². The highest BCUT2D eigenvalue weighted by molar-refractivity contribution is 6.31. The summed E-state index contributed by atoms with van der Waals surface area (Å²) in [5.74, 6) is 0.486. The van der Waals surface area contributed by atoms with Gasteiger partial charge in [-0.15, -0.1) is 0 Å². The number of aryl methyl sites for hydroxylation is 2. The quantitative estimate of drug-likeness (QED) is 0.806. The lowest BCUT2D eigenvalue weighted by molar-refractivity contribution is 0.607. The van der Waals surface area contributed by atoms with E-state index in [9.17, 15) is 0 Å². The van der Waals surface area contributed by atoms with Gasteiger partial charge in [-0.25, -0.2) is 9.67 Å². The van der Waals surface area contributed by atoms with E-state index in [-0.39, 0.29) is 6.04 Å². The Bertz CT molecular complexity index is 802. The van der Waals surface area contributed by atoms with Crippen LogP contribution in [0.15, 0.2) is 24.3 Å². The van der Waals surface area contributed by atoms with Gasteiger partial charge in [-0.2, -0.15) is 5.10 Å². The molecule has 1 atom stereocenters. The van der Waals surface area contributed by atoms with Crippen molar-refractivity contribution < 1.29 is 0 Å². The van der Waals surface area contributed by atoms with Crippen molar-refractivity contribution in [1.82, 2.24) is 19.3 Å². The molecular weight excluding hydrogens is 286 g/mol. The zero-order chi connectivity index (χ0) is 15.1. The first-order valence-electron chi connectivity index (χ1n) is 6.99. The third-order valence-corrected chi connectivity index (χ3v) is 4.16. The molecule has 0 saturated heterocycles. The fraction of sp³-hybridized carbons (Fsp3) is 0.333. The zero-order valence-corrected chi connectivity index (χ0v) is 13.1. The molecule has 0 aliphatic carbocycles. The molecule has 21 heavy (non-hydrogen) atoms. The van der Waals surface area contributed by atoms with Crippen LogP contribution in [-0.2, 0) is 6.54 Å². The van der Waals surface area contributed by atoms with Gasteiger partial charge in [0.15, 0.2) is 5.65 Å². The van der Waals surface area contributed by atoms with Crippen LogP contribution in [0, 0.1) is 6.92 Å². The second-order valence-electron chi connectivity index (χ2n) is 5.11. The molecule has 0 amide bonds. The Labute approximate surface area is 128 Å². The molecule has 2 aromatic heterocycles. The third-order valence-electron chi connectivity index (χ3n) is 3.81. The standard InChI is InChI=1S/C15H18ClN5/c1-4-20-14-13(9(2)19-20)18-15(17)21(14)10(3)11-7-5-6-8-12(11)16/h5-8,10H,4H2,1-3H3,(H2,17,18). The first-order valence-corrected chi connectivity index (χ1v) is 7.37. The Balaban J connectivity index is 2.25. The minimum atomic E-state index is -0.00917. The zero-order valence-electron chi connectivity index (χ0n) is 12.3. The summed E-state index contributed by atoms with van der Waals surface area (Å²) in [6, 6.07) is 7.79. The maximum Gasteiger partial charge on any atom is 0.203 e. The molecule has 0 radical (unpaired) electrons. The Morgan fingerprint density at radius 1 is 1.33 bits per heavy atom. The molecule has 1 aromatic carbocycles. The van der Waals surface area contributed by atoms with E-state index in [2.05, 4.69) is 23.9 Å². The van der Waals surface area contributed by atoms with Crippen LogP contribution in [0.1, 0.15) is 31.1 Å². The number of halogens is 1. The van der Waals surface area contributed by atoms with Gasteiger partial charge in [0.05, 0.1) is 11.7 Å². The van der Waals surface area contributed by atoms with Crippen LogP contribution >= 0.6 is 11.6 Å². The topological polar surface area (TPSA) is 61.7 Å². The number of anilines is 1. The predicted octanol–water partition coefficient (Wildman–Crippen LogP) is 3.41. The van der Waals surface area contributed by atoms with Gasteiger partial charge in [0, 0.05) is 11.6 Å². The Morgan fingerprint density at radius 2 is 2.05 bits per heavy atom. The molecule has 110 valence electrons. The van der Waals surface area contributed by atoms with E-state index in [0.29, 0.717) is 5.95 Å². The molecule has 3 aromatic rings. The predicted molar refractivity (Wildman–Crippen MR) is 85.6 cm³/mol. The van der Waals surface area contributed by atoms with E-state index in [4.69, 9.17) is 17.3 Å². The van der Waals surface area contributed by atoms with Crippen LogP contribution in [0.25, 0.3) is 11.2 Å². The van der Waals surface area contributed by atoms with E-state index in [1.807, 2.05) is 40.4 Å². The summed E-state index contributed by atoms with van der Waals surface area (Å²) in [4.78, 5) is 4.47. The lowest BCUT2D eigenvalue weighted by atomic mass is 10.1. The molecular formula is C15H18ClN5. The van der Waals surface area contributed by atoms with Gasteiger partial charge in [-0.05, 0) is 32.4 Å². The van der Waals surface area contributed by atoms with Gasteiger partial charge in [0.2, 0.25) is 5.95 Å². The van der Waals surface area contributed by atoms with Crippen molar-refractivity contribution in [3.63, 3.8) is 0 Å². The molecule has 2 heterocycles. The number of hydrogen-bond donors (Lipinski definition) is 1. The summed E-state index contributed by atoms with van der Waals surface area (Å²) < 4.78 is 3.93. The normalized spacial score (nSPS) is 13.0. The van der Waals surface area contributed by atoms with Crippen LogP contribution < -0.4 is 5.73 Å². The average Bonchev–Trinajstić information content (AvgIpc) is 2.95. The third kappa shape index (κ3) is 2.08. The van der Waals surface area contributed by atoms with Gasteiger partial charge in [0.1, 0.15) is 5.52 Å². The number of rotatable bonds is 3. The van der Waals surface area contributed by atoms with Crippen LogP contribution in [0.5, 0.6) is 0 Å². The van der Waals surface area contributed by atoms with Gasteiger partial charge in [0.25, 0.3) is 0 Å². The van der Waals surface area contributed by atoms with Crippen molar-refractivity contribution in [3.05, 3.63) is 40.5 Å². The van der Waals surface area contributed by atoms with Gasteiger partial charge >= 0.3 is 0 Å². The first-order chi connectivity index (χ1) is 10.0. The Morgan fingerprint density at radius 3 is 2.71 bits per heavy atom. The van der Waals surface area contributed by atoms with E-state index >= 15 is 0 Å². The molecule has 2 N–H and O–H groups in total. The summed E-state index contributed by atoms with van der Waals surface area (Å²) in [5, 5.41) is 5.24. The van der Waals surface area contributed by atoms with Crippen LogP contribution in [0.2, 0.25) is 5.02 Å². The number of nitrogen functional groups attached to an aromatic ring is 1. The van der Waals surface area contributed by atoms with Crippen molar-refractivity contribution >= 4 is 28.7 Å². The highest BCUT2D eigenvalue weighted by Crippen LogP contribution is 2.31. The minimum Gasteiger partial charge on any atom is -0.369 e. The van der Waals surface area contributed by atoms with E-state index in [1.165, 1.54) is 0 Å². The van der Waals surface area contributed by atoms with E-state index in [0.717, 1.165) is 34.0 Å². The minimum absolute atomic E-state index is 0.00917. The monoisotopic (exact) mass is 303 g/mol. The molecule has 0 fully saturated rings. The average molecular weight is 304 g/mol. The van der Waals surface area contributed by atoms with Gasteiger partial charge in [-0.1, -0.05) is 29.8 Å². The number of nitrogens with zero attached hydrogens (tertiary/aromatic N) is 4. The maximum atomic E-state index is 6.32. The molecule has 3 rings (SSSR count). The first kappa shape index (κ1) is 13.9. The largest absolute Gasteiger partial charge is 0.369 e. The molecule has 0 spiro atoms. The van der Waals surface area contributed by atoms with E-state index in [1.54, 1.807) is 0 Å². The second-order valence-corrected chi connectivity index (χ2v) is 5.52. The highest BCUT2D eigenvalue weighted by atomic mass is 35.5. The number of nitrogens with two attached hydrogens (primary N) is 1. The molecule has 5 nitrogen and oxygen atoms in total. The molecule has 1 unspecified atom stereocenters. The summed E-state index contributed by atoms with van der Waals surface area (Å²) >= 11 is 6.32. The summed E-state index contributed by atoms with van der Waals surface area (Å²) in [5.41, 5.74) is 9.86. The summed E-state index contributed by atoms with van der Waals surface area (Å²) in [6.45, 7) is 6.84. The van der Waals surface area contributed by atoms with Gasteiger partial charge in [-0.3, -0.25) is 4.57 Å². The van der Waals surface area contributed by atoms with E-state index < -0.39 is 0 Å². The van der Waals surface area contributed by atoms with Crippen molar-refractivity contribution in [2.45, 2.75) is 33.4 Å². The Kier molecular flexibility index (Phi) is 3.37. The van der Waals surface area contributed by atoms with Crippen molar-refractivity contribution in [2.24, 2.45) is 0 Å². The summed E-state index contributed by atoms with van der Waals surface area (Å²) in [7, 11) is 0. The molecule has 0 saturated carbocycles. The lowest BCUT2D eigenvalue weighted by Gasteiger charge is -2.18. The molecule has 0 bridgehead atoms. The fourth-order valence-electron chi connectivity index (χ4n) is 2.76. The summed E-state index contributed by atoms with van der Waals surface area (Å²) in [6.07, 6.45) is 0. The van der Waals surface area contributed by atoms with Gasteiger partial charge < -0.3 is 5.73 Å². The smallest absolute Gasteiger partial charge is 0.203 e. The SMILES string of the molecule is CCn1nc(C)c2nc(N)n(C(C)c3ccccc3Cl)c21. The Hall–Kier alpha value is -2.01. The van der Waals surface area contributed by atoms with Crippen molar-refractivity contribution in [1.29, 1.82) is 0 Å². The number of fused-ring (bicyclic) bond motifs is 1. The van der Waals surface area contributed by atoms with Crippen LogP contribution in [0.3, 0.4) is 0 Å². The van der Waals surface area contributed by atoms with Crippen LogP contribution in [-0.4, -0.2) is 19.3 Å². The second kappa shape index (κ2) is 5.07.